The molecule has 1 saturated heterocycles. The van der Waals surface area contributed by atoms with E-state index < -0.39 is 6.04 Å². The molecule has 1 aromatic heterocycles. The van der Waals surface area contributed by atoms with Crippen LogP contribution in [0, 0.1) is 24.2 Å². The number of nitrogens with zero attached hydrogens (tertiary/aromatic N) is 3. The molecule has 0 radical (unpaired) electrons. The first kappa shape index (κ1) is 28.4. The zero-order valence-corrected chi connectivity index (χ0v) is 24.7. The normalized spacial score (nSPS) is 17.4. The molecule has 2 atom stereocenters. The molecule has 1 saturated carbocycles. The van der Waals surface area contributed by atoms with Gasteiger partial charge in [-0.15, -0.1) is 11.3 Å². The Balaban J connectivity index is 1.31. The van der Waals surface area contributed by atoms with Crippen LogP contribution in [0.3, 0.4) is 0 Å². The SMILES string of the molecule is Cc1ccsc1[C@@H](N[C@@H](CC(C)C)C(=O)NCC#N)c1ccc(-c2ccc(N3CCN(C4CC4)CC3)cc2)cc1. The van der Waals surface area contributed by atoms with Crippen molar-refractivity contribution in [3.8, 4) is 17.2 Å². The molecule has 1 aliphatic heterocycles. The van der Waals surface area contributed by atoms with Crippen LogP contribution in [0.4, 0.5) is 5.69 Å². The Bertz CT molecular complexity index is 1300. The van der Waals surface area contributed by atoms with E-state index in [0.29, 0.717) is 12.3 Å². The Morgan fingerprint density at radius 3 is 2.20 bits per heavy atom. The number of hydrogen-bond acceptors (Lipinski definition) is 6. The number of aryl methyl sites for hydroxylation is 1. The molecule has 6 nitrogen and oxygen atoms in total. The molecule has 2 aromatic carbocycles. The van der Waals surface area contributed by atoms with Crippen LogP contribution in [0.5, 0.6) is 0 Å². The van der Waals surface area contributed by atoms with Crippen molar-refractivity contribution >= 4 is 22.9 Å². The maximum Gasteiger partial charge on any atom is 0.237 e. The van der Waals surface area contributed by atoms with Crippen molar-refractivity contribution in [2.24, 2.45) is 5.92 Å². The molecule has 2 aliphatic rings. The highest BCUT2D eigenvalue weighted by Crippen LogP contribution is 2.33. The summed E-state index contributed by atoms with van der Waals surface area (Å²) in [5.74, 6) is 0.211. The summed E-state index contributed by atoms with van der Waals surface area (Å²) in [4.78, 5) is 19.3. The van der Waals surface area contributed by atoms with Gasteiger partial charge in [-0.2, -0.15) is 5.26 Å². The summed E-state index contributed by atoms with van der Waals surface area (Å²) < 4.78 is 0. The standard InChI is InChI=1S/C33H41N5OS/c1-23(2)22-30(33(39)35-16-15-34)36-31(32-24(3)14-21-40-32)27-6-4-25(5-7-27)26-8-10-28(11-9-26)37-17-19-38(20-18-37)29-12-13-29/h4-11,14,21,23,29-31,36H,12-13,16-20,22H2,1-3H3,(H,35,39)/t30-,31-/m0/s1. The second-order valence-corrected chi connectivity index (χ2v) is 12.5. The number of rotatable bonds is 11. The highest BCUT2D eigenvalue weighted by Gasteiger charge is 2.31. The fourth-order valence-corrected chi connectivity index (χ4v) is 6.71. The molecule has 1 aliphatic carbocycles. The predicted octanol–water partition coefficient (Wildman–Crippen LogP) is 5.74. The van der Waals surface area contributed by atoms with E-state index in [1.807, 2.05) is 6.07 Å². The van der Waals surface area contributed by atoms with Crippen LogP contribution in [0.2, 0.25) is 0 Å². The lowest BCUT2D eigenvalue weighted by Crippen LogP contribution is -2.47. The molecule has 7 heteroatoms. The van der Waals surface area contributed by atoms with Crippen molar-refractivity contribution in [2.45, 2.75) is 58.2 Å². The minimum absolute atomic E-state index is 0.0158. The van der Waals surface area contributed by atoms with Crippen molar-refractivity contribution in [2.75, 3.05) is 37.6 Å². The number of nitriles is 1. The molecule has 0 unspecified atom stereocenters. The topological polar surface area (TPSA) is 71.4 Å². The zero-order chi connectivity index (χ0) is 28.1. The molecule has 3 aromatic rings. The molecule has 2 N–H and O–H groups in total. The van der Waals surface area contributed by atoms with Crippen molar-refractivity contribution in [3.05, 3.63) is 76.0 Å². The molecule has 0 bridgehead atoms. The van der Waals surface area contributed by atoms with Crippen LogP contribution in [-0.4, -0.2) is 55.6 Å². The van der Waals surface area contributed by atoms with Crippen molar-refractivity contribution in [1.29, 1.82) is 5.26 Å². The van der Waals surface area contributed by atoms with Gasteiger partial charge in [-0.25, -0.2) is 0 Å². The van der Waals surface area contributed by atoms with Gasteiger partial charge in [-0.05, 0) is 77.9 Å². The minimum atomic E-state index is -0.391. The molecule has 1 amide bonds. The first-order chi connectivity index (χ1) is 19.4. The third-order valence-corrected chi connectivity index (χ3v) is 9.17. The average molecular weight is 556 g/mol. The Morgan fingerprint density at radius 2 is 1.65 bits per heavy atom. The average Bonchev–Trinajstić information content (AvgIpc) is 3.74. The Labute approximate surface area is 243 Å². The van der Waals surface area contributed by atoms with Crippen LogP contribution in [0.25, 0.3) is 11.1 Å². The lowest BCUT2D eigenvalue weighted by molar-refractivity contribution is -0.123. The Hall–Kier alpha value is -3.18. The molecule has 210 valence electrons. The van der Waals surface area contributed by atoms with Crippen LogP contribution >= 0.6 is 11.3 Å². The van der Waals surface area contributed by atoms with Gasteiger partial charge in [0.2, 0.25) is 5.91 Å². The molecule has 2 fully saturated rings. The fraction of sp³-hybridized carbons (Fsp3) is 0.455. The summed E-state index contributed by atoms with van der Waals surface area (Å²) in [6, 6.07) is 22.2. The van der Waals surface area contributed by atoms with Gasteiger partial charge in [0.1, 0.15) is 6.54 Å². The van der Waals surface area contributed by atoms with Crippen LogP contribution in [0.15, 0.2) is 60.0 Å². The number of thiophene rings is 1. The Kier molecular flexibility index (Phi) is 9.21. The molecule has 5 rings (SSSR count). The fourth-order valence-electron chi connectivity index (χ4n) is 5.69. The van der Waals surface area contributed by atoms with E-state index in [0.717, 1.165) is 24.7 Å². The highest BCUT2D eigenvalue weighted by molar-refractivity contribution is 7.10. The molecular formula is C33H41N5OS. The van der Waals surface area contributed by atoms with E-state index in [1.54, 1.807) is 11.3 Å². The monoisotopic (exact) mass is 555 g/mol. The lowest BCUT2D eigenvalue weighted by atomic mass is 9.96. The smallest absolute Gasteiger partial charge is 0.237 e. The lowest BCUT2D eigenvalue weighted by Gasteiger charge is -2.36. The highest BCUT2D eigenvalue weighted by atomic mass is 32.1. The van der Waals surface area contributed by atoms with Gasteiger partial charge in [-0.3, -0.25) is 15.0 Å². The van der Waals surface area contributed by atoms with E-state index >= 15 is 0 Å². The number of piperazine rings is 1. The summed E-state index contributed by atoms with van der Waals surface area (Å²) in [5, 5.41) is 17.5. The van der Waals surface area contributed by atoms with Gasteiger partial charge in [-0.1, -0.05) is 50.2 Å². The molecule has 40 heavy (non-hydrogen) atoms. The van der Waals surface area contributed by atoms with E-state index in [2.05, 4.69) is 101 Å². The van der Waals surface area contributed by atoms with E-state index in [-0.39, 0.29) is 18.5 Å². The van der Waals surface area contributed by atoms with Crippen LogP contribution in [0.1, 0.15) is 55.2 Å². The first-order valence-electron chi connectivity index (χ1n) is 14.6. The van der Waals surface area contributed by atoms with Gasteiger partial charge in [0.25, 0.3) is 0 Å². The number of hydrogen-bond donors (Lipinski definition) is 2. The van der Waals surface area contributed by atoms with Crippen LogP contribution < -0.4 is 15.5 Å². The largest absolute Gasteiger partial charge is 0.369 e. The summed E-state index contributed by atoms with van der Waals surface area (Å²) in [5.41, 5.74) is 6.03. The molecule has 2 heterocycles. The number of carbonyl (C=O) groups is 1. The molecular weight excluding hydrogens is 514 g/mol. The minimum Gasteiger partial charge on any atom is -0.369 e. The number of anilines is 1. The zero-order valence-electron chi connectivity index (χ0n) is 23.9. The van der Waals surface area contributed by atoms with E-state index in [4.69, 9.17) is 5.26 Å². The van der Waals surface area contributed by atoms with Crippen molar-refractivity contribution in [1.82, 2.24) is 15.5 Å². The third-order valence-electron chi connectivity index (χ3n) is 8.08. The summed E-state index contributed by atoms with van der Waals surface area (Å²) in [6.07, 6.45) is 3.46. The van der Waals surface area contributed by atoms with Gasteiger partial charge >= 0.3 is 0 Å². The number of amides is 1. The predicted molar refractivity (Wildman–Crippen MR) is 165 cm³/mol. The van der Waals surface area contributed by atoms with E-state index in [1.165, 1.54) is 53.2 Å². The maximum absolute atomic E-state index is 13.0. The van der Waals surface area contributed by atoms with Crippen molar-refractivity contribution in [3.63, 3.8) is 0 Å². The number of nitrogens with one attached hydrogen (secondary N) is 2. The van der Waals surface area contributed by atoms with Gasteiger partial charge < -0.3 is 10.2 Å². The number of benzene rings is 2. The Morgan fingerprint density at radius 1 is 1.00 bits per heavy atom. The first-order valence-corrected chi connectivity index (χ1v) is 15.4. The second-order valence-electron chi connectivity index (χ2n) is 11.5. The maximum atomic E-state index is 13.0. The summed E-state index contributed by atoms with van der Waals surface area (Å²) in [6.45, 7) is 10.9. The van der Waals surface area contributed by atoms with Gasteiger partial charge in [0.05, 0.1) is 18.2 Å². The summed E-state index contributed by atoms with van der Waals surface area (Å²) in [7, 11) is 0. The third kappa shape index (κ3) is 6.93. The quantitative estimate of drug-likeness (QED) is 0.295. The van der Waals surface area contributed by atoms with E-state index in [9.17, 15) is 4.79 Å². The van der Waals surface area contributed by atoms with Gasteiger partial charge in [0, 0.05) is 42.8 Å². The summed E-state index contributed by atoms with van der Waals surface area (Å²) >= 11 is 1.71. The number of carbonyl (C=O) groups excluding carboxylic acids is 1. The van der Waals surface area contributed by atoms with Gasteiger partial charge in [0.15, 0.2) is 0 Å². The molecule has 0 spiro atoms. The van der Waals surface area contributed by atoms with Crippen molar-refractivity contribution < 1.29 is 4.79 Å². The van der Waals surface area contributed by atoms with Crippen LogP contribution in [-0.2, 0) is 4.79 Å². The second kappa shape index (κ2) is 13.0.